The van der Waals surface area contributed by atoms with Crippen molar-refractivity contribution < 1.29 is 9.84 Å². The highest BCUT2D eigenvalue weighted by Crippen LogP contribution is 2.36. The number of ether oxygens (including phenoxy) is 1. The summed E-state index contributed by atoms with van der Waals surface area (Å²) in [5.41, 5.74) is 10.1. The molecule has 2 aromatic rings. The summed E-state index contributed by atoms with van der Waals surface area (Å²) in [6.45, 7) is 4.42. The van der Waals surface area contributed by atoms with E-state index in [1.165, 1.54) is 5.56 Å². The lowest BCUT2D eigenvalue weighted by atomic mass is 9.86. The zero-order chi connectivity index (χ0) is 15.4. The van der Waals surface area contributed by atoms with E-state index in [0.717, 1.165) is 22.4 Å². The van der Waals surface area contributed by atoms with E-state index in [0.29, 0.717) is 6.54 Å². The first-order valence-corrected chi connectivity index (χ1v) is 7.16. The van der Waals surface area contributed by atoms with E-state index >= 15 is 0 Å². The van der Waals surface area contributed by atoms with E-state index in [4.69, 9.17) is 10.5 Å². The molecule has 3 heteroatoms. The van der Waals surface area contributed by atoms with Crippen LogP contribution in [0.4, 0.5) is 0 Å². The van der Waals surface area contributed by atoms with Crippen LogP contribution < -0.4 is 10.5 Å². The number of aliphatic hydroxyl groups excluding tert-OH is 1. The van der Waals surface area contributed by atoms with Crippen molar-refractivity contribution in [2.75, 3.05) is 13.7 Å². The molecule has 3 nitrogen and oxygen atoms in total. The van der Waals surface area contributed by atoms with Crippen LogP contribution in [-0.2, 0) is 0 Å². The molecule has 0 heterocycles. The molecule has 0 saturated carbocycles. The summed E-state index contributed by atoms with van der Waals surface area (Å²) in [5.74, 6) is 0.569. The van der Waals surface area contributed by atoms with Crippen LogP contribution in [0.15, 0.2) is 42.5 Å². The van der Waals surface area contributed by atoms with Gasteiger partial charge in [0.1, 0.15) is 5.75 Å². The molecule has 112 valence electrons. The molecule has 2 unspecified atom stereocenters. The molecule has 0 bridgehead atoms. The molecule has 0 aromatic heterocycles. The minimum Gasteiger partial charge on any atom is -0.496 e. The minimum absolute atomic E-state index is 0.192. The molecule has 0 fully saturated rings. The monoisotopic (exact) mass is 285 g/mol. The molecule has 0 radical (unpaired) electrons. The second kappa shape index (κ2) is 6.74. The van der Waals surface area contributed by atoms with Gasteiger partial charge < -0.3 is 15.6 Å². The Hall–Kier alpha value is -1.84. The predicted octanol–water partition coefficient (Wildman–Crippen LogP) is 3.09. The average Bonchev–Trinajstić information content (AvgIpc) is 2.48. The van der Waals surface area contributed by atoms with Gasteiger partial charge in [-0.15, -0.1) is 0 Å². The highest BCUT2D eigenvalue weighted by atomic mass is 16.5. The van der Waals surface area contributed by atoms with Crippen molar-refractivity contribution in [2.45, 2.75) is 25.9 Å². The molecule has 21 heavy (non-hydrogen) atoms. The van der Waals surface area contributed by atoms with Crippen molar-refractivity contribution in [2.24, 2.45) is 5.73 Å². The van der Waals surface area contributed by atoms with Gasteiger partial charge in [-0.05, 0) is 31.0 Å². The first kappa shape index (κ1) is 15.5. The second-order valence-corrected chi connectivity index (χ2v) is 5.39. The van der Waals surface area contributed by atoms with Crippen LogP contribution in [0, 0.1) is 13.8 Å². The molecule has 0 saturated heterocycles. The lowest BCUT2D eigenvalue weighted by Crippen LogP contribution is -2.21. The maximum Gasteiger partial charge on any atom is 0.122 e. The van der Waals surface area contributed by atoms with Gasteiger partial charge in [-0.3, -0.25) is 0 Å². The van der Waals surface area contributed by atoms with E-state index in [9.17, 15) is 5.11 Å². The molecule has 3 N–H and O–H groups in total. The first-order valence-electron chi connectivity index (χ1n) is 7.16. The highest BCUT2D eigenvalue weighted by Gasteiger charge is 2.25. The topological polar surface area (TPSA) is 55.5 Å². The van der Waals surface area contributed by atoms with Gasteiger partial charge in [0.25, 0.3) is 0 Å². The number of aryl methyl sites for hydroxylation is 2. The van der Waals surface area contributed by atoms with Crippen molar-refractivity contribution in [1.82, 2.24) is 0 Å². The minimum atomic E-state index is -0.646. The molecule has 0 aliphatic rings. The summed E-state index contributed by atoms with van der Waals surface area (Å²) in [6.07, 6.45) is -0.646. The highest BCUT2D eigenvalue weighted by molar-refractivity contribution is 5.40. The van der Waals surface area contributed by atoms with Crippen LogP contribution in [0.3, 0.4) is 0 Å². The second-order valence-electron chi connectivity index (χ2n) is 5.39. The normalized spacial score (nSPS) is 13.8. The third-order valence-electron chi connectivity index (χ3n) is 3.92. The molecule has 2 rings (SSSR count). The Labute approximate surface area is 126 Å². The van der Waals surface area contributed by atoms with Gasteiger partial charge in [-0.25, -0.2) is 0 Å². The van der Waals surface area contributed by atoms with E-state index in [-0.39, 0.29) is 5.92 Å². The molecule has 0 aliphatic heterocycles. The number of hydrogen-bond acceptors (Lipinski definition) is 3. The maximum absolute atomic E-state index is 10.8. The third kappa shape index (κ3) is 3.26. The molecule has 0 aliphatic carbocycles. The number of rotatable bonds is 5. The molecule has 2 atom stereocenters. The number of nitrogens with two attached hydrogens (primary N) is 1. The van der Waals surface area contributed by atoms with Gasteiger partial charge in [-0.2, -0.15) is 0 Å². The van der Waals surface area contributed by atoms with Gasteiger partial charge in [-0.1, -0.05) is 42.0 Å². The fourth-order valence-corrected chi connectivity index (χ4v) is 2.77. The zero-order valence-electron chi connectivity index (χ0n) is 12.8. The van der Waals surface area contributed by atoms with Crippen LogP contribution in [-0.4, -0.2) is 18.8 Å². The predicted molar refractivity (Wildman–Crippen MR) is 85.7 cm³/mol. The van der Waals surface area contributed by atoms with Crippen molar-refractivity contribution in [3.8, 4) is 5.75 Å². The largest absolute Gasteiger partial charge is 0.496 e. The number of methoxy groups -OCH3 is 1. The van der Waals surface area contributed by atoms with Gasteiger partial charge in [0.2, 0.25) is 0 Å². The van der Waals surface area contributed by atoms with Gasteiger partial charge in [0, 0.05) is 18.0 Å². The van der Waals surface area contributed by atoms with Crippen molar-refractivity contribution in [3.63, 3.8) is 0 Å². The lowest BCUT2D eigenvalue weighted by Gasteiger charge is -2.25. The number of hydrogen-bond donors (Lipinski definition) is 2. The Morgan fingerprint density at radius 1 is 1.10 bits per heavy atom. The van der Waals surface area contributed by atoms with Crippen LogP contribution in [0.5, 0.6) is 5.75 Å². The van der Waals surface area contributed by atoms with E-state index in [2.05, 4.69) is 6.07 Å². The first-order chi connectivity index (χ1) is 10.1. The Morgan fingerprint density at radius 2 is 1.81 bits per heavy atom. The van der Waals surface area contributed by atoms with Crippen LogP contribution >= 0.6 is 0 Å². The average molecular weight is 285 g/mol. The summed E-state index contributed by atoms with van der Waals surface area (Å²) in [4.78, 5) is 0. The SMILES string of the molecule is COc1ccccc1C(CN)C(O)c1ccc(C)cc1C. The van der Waals surface area contributed by atoms with Gasteiger partial charge in [0.15, 0.2) is 0 Å². The fourth-order valence-electron chi connectivity index (χ4n) is 2.77. The molecule has 0 amide bonds. The van der Waals surface area contributed by atoms with Gasteiger partial charge >= 0.3 is 0 Å². The van der Waals surface area contributed by atoms with Crippen LogP contribution in [0.2, 0.25) is 0 Å². The number of aliphatic hydroxyl groups is 1. The third-order valence-corrected chi connectivity index (χ3v) is 3.92. The Bertz CT molecular complexity index is 610. The summed E-state index contributed by atoms with van der Waals surface area (Å²) < 4.78 is 5.40. The van der Waals surface area contributed by atoms with Crippen molar-refractivity contribution in [1.29, 1.82) is 0 Å². The van der Waals surface area contributed by atoms with E-state index < -0.39 is 6.10 Å². The maximum atomic E-state index is 10.8. The van der Waals surface area contributed by atoms with Crippen LogP contribution in [0.1, 0.15) is 34.3 Å². The molecular formula is C18H23NO2. The molecular weight excluding hydrogens is 262 g/mol. The fraction of sp³-hybridized carbons (Fsp3) is 0.333. The Kier molecular flexibility index (Phi) is 4.99. The smallest absolute Gasteiger partial charge is 0.122 e. The number of para-hydroxylation sites is 1. The lowest BCUT2D eigenvalue weighted by molar-refractivity contribution is 0.145. The standard InChI is InChI=1S/C18H23NO2/c1-12-8-9-14(13(2)10-12)18(20)16(11-19)15-6-4-5-7-17(15)21-3/h4-10,16,18,20H,11,19H2,1-3H3. The summed E-state index contributed by atoms with van der Waals surface area (Å²) in [5, 5.41) is 10.8. The summed E-state index contributed by atoms with van der Waals surface area (Å²) in [7, 11) is 1.63. The Morgan fingerprint density at radius 3 is 2.43 bits per heavy atom. The summed E-state index contributed by atoms with van der Waals surface area (Å²) in [6, 6.07) is 13.8. The van der Waals surface area contributed by atoms with E-state index in [1.807, 2.05) is 50.2 Å². The van der Waals surface area contributed by atoms with E-state index in [1.54, 1.807) is 7.11 Å². The molecule has 2 aromatic carbocycles. The van der Waals surface area contributed by atoms with Crippen molar-refractivity contribution >= 4 is 0 Å². The zero-order valence-corrected chi connectivity index (χ0v) is 12.8. The number of benzene rings is 2. The Balaban J connectivity index is 2.40. The quantitative estimate of drug-likeness (QED) is 0.887. The van der Waals surface area contributed by atoms with Gasteiger partial charge in [0.05, 0.1) is 13.2 Å². The van der Waals surface area contributed by atoms with Crippen LogP contribution in [0.25, 0.3) is 0 Å². The summed E-state index contributed by atoms with van der Waals surface area (Å²) >= 11 is 0. The molecule has 0 spiro atoms. The van der Waals surface area contributed by atoms with Crippen molar-refractivity contribution in [3.05, 3.63) is 64.7 Å².